The monoisotopic (exact) mass is 594 g/mol. The number of hydrogen-bond acceptors (Lipinski definition) is 7. The van der Waals surface area contributed by atoms with Crippen LogP contribution in [0.4, 0.5) is 0 Å². The van der Waals surface area contributed by atoms with Gasteiger partial charge >= 0.3 is 5.97 Å². The third kappa shape index (κ3) is 12.9. The van der Waals surface area contributed by atoms with Crippen molar-refractivity contribution in [3.8, 4) is 0 Å². The molecule has 2 fully saturated rings. The Hall–Kier alpha value is -0.990. The molecule has 0 aromatic heterocycles. The van der Waals surface area contributed by atoms with E-state index in [4.69, 9.17) is 14.2 Å². The van der Waals surface area contributed by atoms with Crippen LogP contribution >= 0.6 is 0 Å². The molecule has 0 radical (unpaired) electrons. The predicted octanol–water partition coefficient (Wildman–Crippen LogP) is 7.08. The van der Waals surface area contributed by atoms with Gasteiger partial charge in [-0.25, -0.2) is 4.79 Å². The zero-order valence-corrected chi connectivity index (χ0v) is 26.7. The summed E-state index contributed by atoms with van der Waals surface area (Å²) in [6, 6.07) is 0. The summed E-state index contributed by atoms with van der Waals surface area (Å²) >= 11 is 0. The zero-order valence-electron chi connectivity index (χ0n) is 26.7. The number of hydrogen-bond donors (Lipinski definition) is 3. The highest BCUT2D eigenvalue weighted by Crippen LogP contribution is 2.34. The molecule has 0 unspecified atom stereocenters. The molecule has 0 amide bonds. The summed E-state index contributed by atoms with van der Waals surface area (Å²) in [5.41, 5.74) is 0.744. The first-order valence-corrected chi connectivity index (χ1v) is 17.6. The lowest BCUT2D eigenvalue weighted by atomic mass is 9.99. The fourth-order valence-corrected chi connectivity index (χ4v) is 6.93. The van der Waals surface area contributed by atoms with Crippen LogP contribution < -0.4 is 0 Å². The van der Waals surface area contributed by atoms with Crippen molar-refractivity contribution >= 4 is 5.97 Å². The summed E-state index contributed by atoms with van der Waals surface area (Å²) in [4.78, 5) is 11.7. The normalized spacial score (nSPS) is 28.2. The highest BCUT2D eigenvalue weighted by atomic mass is 16.6. The van der Waals surface area contributed by atoms with Crippen LogP contribution in [0.3, 0.4) is 0 Å². The summed E-state index contributed by atoms with van der Waals surface area (Å²) in [5, 5.41) is 31.7. The van der Waals surface area contributed by atoms with E-state index in [9.17, 15) is 20.1 Å². The molecule has 8 atom stereocenters. The molecule has 3 aliphatic rings. The molecule has 3 heterocycles. The molecule has 3 aliphatic heterocycles. The Morgan fingerprint density at radius 2 is 1.17 bits per heavy atom. The van der Waals surface area contributed by atoms with E-state index in [1.807, 2.05) is 13.0 Å². The van der Waals surface area contributed by atoms with Gasteiger partial charge in [-0.2, -0.15) is 0 Å². The topological polar surface area (TPSA) is 105 Å². The van der Waals surface area contributed by atoms with E-state index < -0.39 is 6.10 Å². The predicted molar refractivity (Wildman–Crippen MR) is 166 cm³/mol. The standard InChI is InChI=1S/C35H62O7/c1-3-4-5-6-7-8-9-13-19-29(37)31-21-23-33(41-31)34-24-22-32(42-34)30(38)20-14-11-10-12-17-28(36)18-15-16-27-25-26(2)40-35(27)39/h25-26,28-34,36-38H,3-24H2,1-2H3/t26-,28-,29+,30+,31+,32+,33+,34+/m0/s1. The van der Waals surface area contributed by atoms with E-state index >= 15 is 0 Å². The van der Waals surface area contributed by atoms with E-state index in [0.29, 0.717) is 12.8 Å². The Bertz CT molecular complexity index is 770. The van der Waals surface area contributed by atoms with Crippen molar-refractivity contribution in [2.75, 3.05) is 0 Å². The quantitative estimate of drug-likeness (QED) is 0.0858. The van der Waals surface area contributed by atoms with Crippen molar-refractivity contribution in [2.24, 2.45) is 0 Å². The van der Waals surface area contributed by atoms with Crippen molar-refractivity contribution in [3.05, 3.63) is 11.6 Å². The number of carbonyl (C=O) groups is 1. The van der Waals surface area contributed by atoms with Crippen molar-refractivity contribution in [3.63, 3.8) is 0 Å². The van der Waals surface area contributed by atoms with Gasteiger partial charge in [0.05, 0.1) is 42.7 Å². The van der Waals surface area contributed by atoms with Crippen LogP contribution in [-0.2, 0) is 19.0 Å². The number of ether oxygens (including phenoxy) is 3. The first-order valence-electron chi connectivity index (χ1n) is 17.6. The summed E-state index contributed by atoms with van der Waals surface area (Å²) in [6.07, 6.45) is 22.9. The van der Waals surface area contributed by atoms with Crippen LogP contribution in [0.1, 0.15) is 155 Å². The molecule has 0 aromatic carbocycles. The molecule has 3 N–H and O–H groups in total. The van der Waals surface area contributed by atoms with Crippen molar-refractivity contribution in [2.45, 2.75) is 204 Å². The zero-order chi connectivity index (χ0) is 30.2. The van der Waals surface area contributed by atoms with Gasteiger partial charge in [-0.05, 0) is 77.2 Å². The molecule has 0 saturated carbocycles. The lowest BCUT2D eigenvalue weighted by Crippen LogP contribution is -2.33. The molecule has 2 saturated heterocycles. The molecule has 7 nitrogen and oxygen atoms in total. The van der Waals surface area contributed by atoms with Gasteiger partial charge in [0.25, 0.3) is 0 Å². The van der Waals surface area contributed by atoms with Crippen molar-refractivity contribution in [1.29, 1.82) is 0 Å². The first-order chi connectivity index (χ1) is 20.4. The van der Waals surface area contributed by atoms with Crippen LogP contribution in [0.2, 0.25) is 0 Å². The SMILES string of the molecule is CCCCCCCCCC[C@@H](O)[C@H]1CC[C@H]([C@H]2CC[C@H]([C@H](O)CCCCCC[C@H](O)CCCC3=C[C@H](C)OC3=O)O2)O1. The summed E-state index contributed by atoms with van der Waals surface area (Å²) < 4.78 is 17.6. The lowest BCUT2D eigenvalue weighted by molar-refractivity contribution is -0.139. The Labute approximate surface area is 255 Å². The third-order valence-corrected chi connectivity index (χ3v) is 9.56. The van der Waals surface area contributed by atoms with Crippen LogP contribution in [0.5, 0.6) is 0 Å². The first kappa shape index (κ1) is 35.5. The second kappa shape index (κ2) is 20.1. The summed E-state index contributed by atoms with van der Waals surface area (Å²) in [5.74, 6) is -0.211. The molecular weight excluding hydrogens is 532 g/mol. The van der Waals surface area contributed by atoms with Crippen LogP contribution in [0, 0.1) is 0 Å². The van der Waals surface area contributed by atoms with Gasteiger partial charge in [-0.15, -0.1) is 0 Å². The fraction of sp³-hybridized carbons (Fsp3) is 0.914. The van der Waals surface area contributed by atoms with Gasteiger partial charge in [0.1, 0.15) is 6.10 Å². The van der Waals surface area contributed by atoms with Gasteiger partial charge in [0.15, 0.2) is 0 Å². The smallest absolute Gasteiger partial charge is 0.334 e. The molecule has 42 heavy (non-hydrogen) atoms. The number of rotatable bonds is 23. The summed E-state index contributed by atoms with van der Waals surface area (Å²) in [6.45, 7) is 4.11. The molecule has 0 aliphatic carbocycles. The minimum absolute atomic E-state index is 0.0328. The molecular formula is C35H62O7. The van der Waals surface area contributed by atoms with E-state index in [1.54, 1.807) is 0 Å². The lowest BCUT2D eigenvalue weighted by Gasteiger charge is -2.24. The van der Waals surface area contributed by atoms with E-state index in [-0.39, 0.29) is 48.7 Å². The molecule has 0 aromatic rings. The van der Waals surface area contributed by atoms with Gasteiger partial charge in [0.2, 0.25) is 0 Å². The average molecular weight is 595 g/mol. The van der Waals surface area contributed by atoms with Gasteiger partial charge < -0.3 is 29.5 Å². The molecule has 7 heteroatoms. The van der Waals surface area contributed by atoms with Gasteiger partial charge in [-0.1, -0.05) is 84.0 Å². The van der Waals surface area contributed by atoms with Crippen LogP contribution in [0.15, 0.2) is 11.6 Å². The van der Waals surface area contributed by atoms with E-state index in [1.165, 1.54) is 44.9 Å². The Kier molecular flexibility index (Phi) is 17.0. The molecule has 244 valence electrons. The molecule has 3 rings (SSSR count). The second-order valence-corrected chi connectivity index (χ2v) is 13.3. The number of aliphatic hydroxyl groups is 3. The number of unbranched alkanes of at least 4 members (excludes halogenated alkanes) is 10. The van der Waals surface area contributed by atoms with Crippen molar-refractivity contribution in [1.82, 2.24) is 0 Å². The molecule has 0 bridgehead atoms. The maximum Gasteiger partial charge on any atom is 0.334 e. The van der Waals surface area contributed by atoms with E-state index in [0.717, 1.165) is 89.0 Å². The average Bonchev–Trinajstić information content (AvgIpc) is 3.72. The minimum atomic E-state index is -0.440. The highest BCUT2D eigenvalue weighted by Gasteiger charge is 2.40. The van der Waals surface area contributed by atoms with Gasteiger partial charge in [0, 0.05) is 5.57 Å². The summed E-state index contributed by atoms with van der Waals surface area (Å²) in [7, 11) is 0. The fourth-order valence-electron chi connectivity index (χ4n) is 6.93. The number of esters is 1. The highest BCUT2D eigenvalue weighted by molar-refractivity contribution is 5.90. The Morgan fingerprint density at radius 1 is 0.690 bits per heavy atom. The van der Waals surface area contributed by atoms with Crippen LogP contribution in [0.25, 0.3) is 0 Å². The largest absolute Gasteiger partial charge is 0.455 e. The Balaban J connectivity index is 1.17. The number of aliphatic hydroxyl groups excluding tert-OH is 3. The molecule has 0 spiro atoms. The third-order valence-electron chi connectivity index (χ3n) is 9.56. The van der Waals surface area contributed by atoms with E-state index in [2.05, 4.69) is 6.92 Å². The maximum atomic E-state index is 11.7. The number of carbonyl (C=O) groups excluding carboxylic acids is 1. The van der Waals surface area contributed by atoms with Crippen LogP contribution in [-0.4, -0.2) is 70.1 Å². The second-order valence-electron chi connectivity index (χ2n) is 13.3. The van der Waals surface area contributed by atoms with Gasteiger partial charge in [-0.3, -0.25) is 0 Å². The minimum Gasteiger partial charge on any atom is -0.455 e. The number of cyclic esters (lactones) is 1. The Morgan fingerprint density at radius 3 is 1.67 bits per heavy atom. The maximum absolute atomic E-state index is 11.7. The van der Waals surface area contributed by atoms with Crippen molar-refractivity contribution < 1.29 is 34.3 Å².